The van der Waals surface area contributed by atoms with E-state index in [-0.39, 0.29) is 11.3 Å². The Morgan fingerprint density at radius 3 is 2.15 bits per heavy atom. The SMILES string of the molecule is COc1ccc(N2C(=O)C(C#N)=C(N(C)C)C2=O)cc1. The summed E-state index contributed by atoms with van der Waals surface area (Å²) in [5.74, 6) is -0.484. The van der Waals surface area contributed by atoms with Crippen LogP contribution in [0.15, 0.2) is 35.5 Å². The number of carbonyl (C=O) groups is 2. The average molecular weight is 271 g/mol. The highest BCUT2D eigenvalue weighted by molar-refractivity contribution is 6.34. The van der Waals surface area contributed by atoms with E-state index in [0.29, 0.717) is 11.4 Å². The van der Waals surface area contributed by atoms with Crippen LogP contribution >= 0.6 is 0 Å². The van der Waals surface area contributed by atoms with Gasteiger partial charge in [-0.2, -0.15) is 5.26 Å². The first-order chi connectivity index (χ1) is 9.51. The summed E-state index contributed by atoms with van der Waals surface area (Å²) in [6.07, 6.45) is 0. The molecule has 0 saturated carbocycles. The van der Waals surface area contributed by atoms with E-state index >= 15 is 0 Å². The second kappa shape index (κ2) is 5.05. The molecule has 0 atom stereocenters. The highest BCUT2D eigenvalue weighted by atomic mass is 16.5. The van der Waals surface area contributed by atoms with Crippen LogP contribution < -0.4 is 9.64 Å². The van der Waals surface area contributed by atoms with Gasteiger partial charge >= 0.3 is 0 Å². The lowest BCUT2D eigenvalue weighted by molar-refractivity contribution is -0.120. The van der Waals surface area contributed by atoms with Crippen LogP contribution in [0.4, 0.5) is 5.69 Å². The van der Waals surface area contributed by atoms with E-state index in [1.807, 2.05) is 0 Å². The Kier molecular flexibility index (Phi) is 3.44. The molecule has 0 fully saturated rings. The first-order valence-electron chi connectivity index (χ1n) is 5.85. The minimum Gasteiger partial charge on any atom is -0.497 e. The van der Waals surface area contributed by atoms with Crippen LogP contribution in [0.2, 0.25) is 0 Å². The molecule has 1 aromatic carbocycles. The molecule has 0 aromatic heterocycles. The number of nitriles is 1. The summed E-state index contributed by atoms with van der Waals surface area (Å²) in [5, 5.41) is 9.07. The number of carbonyl (C=O) groups excluding carboxylic acids is 2. The summed E-state index contributed by atoms with van der Waals surface area (Å²) >= 11 is 0. The van der Waals surface area contributed by atoms with Crippen molar-refractivity contribution in [1.29, 1.82) is 5.26 Å². The molecule has 1 aromatic rings. The van der Waals surface area contributed by atoms with Crippen LogP contribution in [-0.4, -0.2) is 37.9 Å². The molecule has 0 N–H and O–H groups in total. The van der Waals surface area contributed by atoms with Crippen molar-refractivity contribution < 1.29 is 14.3 Å². The van der Waals surface area contributed by atoms with E-state index in [1.54, 1.807) is 44.4 Å². The third-order valence-electron chi connectivity index (χ3n) is 2.95. The number of rotatable bonds is 3. The number of amides is 2. The Bertz CT molecular complexity index is 639. The van der Waals surface area contributed by atoms with Crippen molar-refractivity contribution >= 4 is 17.5 Å². The van der Waals surface area contributed by atoms with Crippen LogP contribution in [0, 0.1) is 11.3 Å². The van der Waals surface area contributed by atoms with Crippen molar-refractivity contribution in [3.05, 3.63) is 35.5 Å². The summed E-state index contributed by atoms with van der Waals surface area (Å²) < 4.78 is 5.03. The smallest absolute Gasteiger partial charge is 0.283 e. The number of benzene rings is 1. The van der Waals surface area contributed by atoms with Crippen LogP contribution in [0.25, 0.3) is 0 Å². The molecule has 1 aliphatic heterocycles. The number of anilines is 1. The average Bonchev–Trinajstić information content (AvgIpc) is 2.69. The van der Waals surface area contributed by atoms with Crippen molar-refractivity contribution in [2.75, 3.05) is 26.1 Å². The van der Waals surface area contributed by atoms with Gasteiger partial charge in [-0.15, -0.1) is 0 Å². The predicted octanol–water partition coefficient (Wildman–Crippen LogP) is 0.908. The molecule has 0 unspecified atom stereocenters. The topological polar surface area (TPSA) is 73.6 Å². The molecule has 0 saturated heterocycles. The van der Waals surface area contributed by atoms with Crippen molar-refractivity contribution in [1.82, 2.24) is 4.90 Å². The number of hydrogen-bond acceptors (Lipinski definition) is 5. The number of methoxy groups -OCH3 is 1. The molecule has 0 aliphatic carbocycles. The van der Waals surface area contributed by atoms with Crippen LogP contribution in [0.3, 0.4) is 0 Å². The van der Waals surface area contributed by atoms with E-state index < -0.39 is 11.8 Å². The van der Waals surface area contributed by atoms with Gasteiger partial charge in [-0.1, -0.05) is 0 Å². The Morgan fingerprint density at radius 1 is 1.15 bits per heavy atom. The van der Waals surface area contributed by atoms with Gasteiger partial charge in [0.1, 0.15) is 23.1 Å². The maximum absolute atomic E-state index is 12.3. The molecule has 1 aliphatic rings. The third kappa shape index (κ3) is 1.99. The summed E-state index contributed by atoms with van der Waals surface area (Å²) in [4.78, 5) is 27.0. The molecular formula is C14H13N3O3. The minimum absolute atomic E-state index is 0.105. The first-order valence-corrected chi connectivity index (χ1v) is 5.85. The molecule has 102 valence electrons. The molecule has 6 heteroatoms. The molecule has 6 nitrogen and oxygen atoms in total. The fourth-order valence-corrected chi connectivity index (χ4v) is 2.00. The van der Waals surface area contributed by atoms with Gasteiger partial charge < -0.3 is 9.64 Å². The number of imide groups is 1. The van der Waals surface area contributed by atoms with Gasteiger partial charge in [0.2, 0.25) is 0 Å². The monoisotopic (exact) mass is 271 g/mol. The van der Waals surface area contributed by atoms with Crippen molar-refractivity contribution in [3.63, 3.8) is 0 Å². The number of likely N-dealkylation sites (N-methyl/N-ethyl adjacent to an activating group) is 1. The van der Waals surface area contributed by atoms with E-state index in [1.165, 1.54) is 12.0 Å². The predicted molar refractivity (Wildman–Crippen MR) is 71.8 cm³/mol. The fourth-order valence-electron chi connectivity index (χ4n) is 2.00. The zero-order valence-corrected chi connectivity index (χ0v) is 11.4. The second-order valence-corrected chi connectivity index (χ2v) is 4.37. The zero-order chi connectivity index (χ0) is 14.9. The largest absolute Gasteiger partial charge is 0.497 e. The Morgan fingerprint density at radius 2 is 1.75 bits per heavy atom. The van der Waals surface area contributed by atoms with Gasteiger partial charge in [0.25, 0.3) is 11.8 Å². The van der Waals surface area contributed by atoms with E-state index in [9.17, 15) is 9.59 Å². The molecule has 0 bridgehead atoms. The quantitative estimate of drug-likeness (QED) is 0.764. The molecule has 0 radical (unpaired) electrons. The van der Waals surface area contributed by atoms with Crippen molar-refractivity contribution in [3.8, 4) is 11.8 Å². The maximum atomic E-state index is 12.3. The molecule has 2 rings (SSSR count). The standard InChI is InChI=1S/C14H13N3O3/c1-16(2)12-11(8-15)13(18)17(14(12)19)9-4-6-10(20-3)7-5-9/h4-7H,1-3H3. The number of ether oxygens (including phenoxy) is 1. The summed E-state index contributed by atoms with van der Waals surface area (Å²) in [7, 11) is 4.77. The fraction of sp³-hybridized carbons (Fsp3) is 0.214. The number of hydrogen-bond donors (Lipinski definition) is 0. The highest BCUT2D eigenvalue weighted by Gasteiger charge is 2.40. The van der Waals surface area contributed by atoms with Crippen LogP contribution in [-0.2, 0) is 9.59 Å². The zero-order valence-electron chi connectivity index (χ0n) is 11.4. The summed E-state index contributed by atoms with van der Waals surface area (Å²) in [6.45, 7) is 0. The highest BCUT2D eigenvalue weighted by Crippen LogP contribution is 2.28. The van der Waals surface area contributed by atoms with Gasteiger partial charge in [0.05, 0.1) is 12.8 Å². The van der Waals surface area contributed by atoms with Crippen molar-refractivity contribution in [2.45, 2.75) is 0 Å². The Balaban J connectivity index is 2.44. The minimum atomic E-state index is -0.605. The molecular weight excluding hydrogens is 258 g/mol. The summed E-state index contributed by atoms with van der Waals surface area (Å²) in [5.41, 5.74) is 0.370. The molecule has 2 amide bonds. The molecule has 0 spiro atoms. The van der Waals surface area contributed by atoms with E-state index in [0.717, 1.165) is 4.90 Å². The van der Waals surface area contributed by atoms with Gasteiger partial charge in [-0.05, 0) is 24.3 Å². The van der Waals surface area contributed by atoms with E-state index in [2.05, 4.69) is 0 Å². The lowest BCUT2D eigenvalue weighted by atomic mass is 10.2. The normalized spacial score (nSPS) is 14.6. The molecule has 20 heavy (non-hydrogen) atoms. The Labute approximate surface area is 116 Å². The maximum Gasteiger partial charge on any atom is 0.283 e. The van der Waals surface area contributed by atoms with E-state index in [4.69, 9.17) is 10.00 Å². The van der Waals surface area contributed by atoms with Gasteiger partial charge in [0.15, 0.2) is 0 Å². The van der Waals surface area contributed by atoms with Crippen LogP contribution in [0.5, 0.6) is 5.75 Å². The Hall–Kier alpha value is -2.81. The lowest BCUT2D eigenvalue weighted by Gasteiger charge is -2.17. The lowest BCUT2D eigenvalue weighted by Crippen LogP contribution is -2.33. The van der Waals surface area contributed by atoms with Gasteiger partial charge in [-0.25, -0.2) is 4.90 Å². The van der Waals surface area contributed by atoms with Gasteiger partial charge in [-0.3, -0.25) is 9.59 Å². The number of nitrogens with zero attached hydrogens (tertiary/aromatic N) is 3. The van der Waals surface area contributed by atoms with Crippen LogP contribution in [0.1, 0.15) is 0 Å². The molecule has 1 heterocycles. The summed E-state index contributed by atoms with van der Waals surface area (Å²) in [6, 6.07) is 8.29. The second-order valence-electron chi connectivity index (χ2n) is 4.37. The van der Waals surface area contributed by atoms with Gasteiger partial charge in [0, 0.05) is 14.1 Å². The van der Waals surface area contributed by atoms with Crippen molar-refractivity contribution in [2.24, 2.45) is 0 Å². The third-order valence-corrected chi connectivity index (χ3v) is 2.95. The first kappa shape index (κ1) is 13.6.